The quantitative estimate of drug-likeness (QED) is 0.295. The van der Waals surface area contributed by atoms with E-state index in [1.165, 1.54) is 22.9 Å². The molecule has 2 N–H and O–H groups in total. The predicted octanol–water partition coefficient (Wildman–Crippen LogP) is 5.25. The number of fused-ring (bicyclic) bond motifs is 1. The number of H-pyrrole nitrogens is 1. The van der Waals surface area contributed by atoms with Gasteiger partial charge in [-0.2, -0.15) is 31.4 Å². The zero-order valence-electron chi connectivity index (χ0n) is 20.9. The Kier molecular flexibility index (Phi) is 7.67. The predicted molar refractivity (Wildman–Crippen MR) is 131 cm³/mol. The molecule has 0 fully saturated rings. The maximum atomic E-state index is 14.9. The van der Waals surface area contributed by atoms with Crippen molar-refractivity contribution in [2.24, 2.45) is 5.92 Å². The fraction of sp³-hybridized carbons (Fsp3) is 0.320. The van der Waals surface area contributed by atoms with Crippen LogP contribution >= 0.6 is 0 Å². The van der Waals surface area contributed by atoms with Gasteiger partial charge in [0.1, 0.15) is 11.4 Å². The number of nitrogens with zero attached hydrogens (tertiary/aromatic N) is 4. The van der Waals surface area contributed by atoms with Crippen LogP contribution in [0, 0.1) is 11.7 Å². The first-order valence-electron chi connectivity index (χ1n) is 11.8. The van der Waals surface area contributed by atoms with Gasteiger partial charge < -0.3 is 9.88 Å². The summed E-state index contributed by atoms with van der Waals surface area (Å²) >= 11 is 0. The standard InChI is InChI=1S/C25H21F7N6O2/c1-12(5-13(2)36-19-10-35-37-22(39)20(19)25(30,31)32)11-38-4-3-14-6-17(18(26)7-16(14)23(38)40)21-33-8-15(9-34-21)24(27,28)29/h3-4,6-10,12-13H,5,11H2,1-2H3,(H2,36,37,39)/t12-,13+/m0/s1. The van der Waals surface area contributed by atoms with E-state index < -0.39 is 52.1 Å². The summed E-state index contributed by atoms with van der Waals surface area (Å²) in [6.45, 7) is 3.52. The van der Waals surface area contributed by atoms with Crippen LogP contribution in [-0.4, -0.2) is 30.8 Å². The van der Waals surface area contributed by atoms with Gasteiger partial charge in [-0.1, -0.05) is 6.92 Å². The van der Waals surface area contributed by atoms with Crippen LogP contribution in [0.1, 0.15) is 31.4 Å². The highest BCUT2D eigenvalue weighted by Crippen LogP contribution is 2.32. The van der Waals surface area contributed by atoms with Gasteiger partial charge in [-0.15, -0.1) is 0 Å². The average Bonchev–Trinajstić information content (AvgIpc) is 2.84. The molecule has 0 radical (unpaired) electrons. The first kappa shape index (κ1) is 28.7. The monoisotopic (exact) mass is 570 g/mol. The third kappa shape index (κ3) is 6.13. The number of rotatable bonds is 7. The third-order valence-corrected chi connectivity index (χ3v) is 6.09. The van der Waals surface area contributed by atoms with Gasteiger partial charge in [0.25, 0.3) is 11.1 Å². The highest BCUT2D eigenvalue weighted by molar-refractivity contribution is 5.86. The minimum absolute atomic E-state index is 0.0124. The van der Waals surface area contributed by atoms with Gasteiger partial charge in [0.05, 0.1) is 28.4 Å². The molecule has 4 aromatic rings. The van der Waals surface area contributed by atoms with E-state index in [4.69, 9.17) is 0 Å². The van der Waals surface area contributed by atoms with Gasteiger partial charge in [-0.05, 0) is 42.8 Å². The summed E-state index contributed by atoms with van der Waals surface area (Å²) in [5, 5.41) is 8.15. The Hall–Kier alpha value is -4.30. The van der Waals surface area contributed by atoms with Gasteiger partial charge in [0.15, 0.2) is 5.82 Å². The van der Waals surface area contributed by atoms with Crippen LogP contribution < -0.4 is 16.4 Å². The normalized spacial score (nSPS) is 13.8. The van der Waals surface area contributed by atoms with E-state index in [0.29, 0.717) is 24.2 Å². The van der Waals surface area contributed by atoms with Crippen LogP contribution in [0.15, 0.2) is 52.6 Å². The van der Waals surface area contributed by atoms with Crippen LogP contribution in [0.25, 0.3) is 22.2 Å². The number of aromatic nitrogens is 5. The molecule has 0 saturated heterocycles. The lowest BCUT2D eigenvalue weighted by molar-refractivity contribution is -0.139. The van der Waals surface area contributed by atoms with Crippen molar-refractivity contribution < 1.29 is 30.7 Å². The van der Waals surface area contributed by atoms with Crippen molar-refractivity contribution in [3.8, 4) is 11.4 Å². The van der Waals surface area contributed by atoms with E-state index in [1.54, 1.807) is 18.9 Å². The van der Waals surface area contributed by atoms with Crippen molar-refractivity contribution in [3.63, 3.8) is 0 Å². The minimum Gasteiger partial charge on any atom is -0.381 e. The van der Waals surface area contributed by atoms with Gasteiger partial charge in [0.2, 0.25) is 0 Å². The summed E-state index contributed by atoms with van der Waals surface area (Å²) in [4.78, 5) is 31.9. The number of hydrogen-bond donors (Lipinski definition) is 2. The molecule has 0 amide bonds. The number of benzene rings is 1. The molecule has 8 nitrogen and oxygen atoms in total. The molecule has 3 aromatic heterocycles. The lowest BCUT2D eigenvalue weighted by Crippen LogP contribution is -2.29. The number of hydrogen-bond acceptors (Lipinski definition) is 6. The number of nitrogens with one attached hydrogen (secondary N) is 2. The molecule has 0 spiro atoms. The first-order valence-corrected chi connectivity index (χ1v) is 11.8. The zero-order valence-corrected chi connectivity index (χ0v) is 20.9. The van der Waals surface area contributed by atoms with Crippen LogP contribution in [0.5, 0.6) is 0 Å². The summed E-state index contributed by atoms with van der Waals surface area (Å²) in [6.07, 6.45) is -5.84. The molecule has 40 heavy (non-hydrogen) atoms. The van der Waals surface area contributed by atoms with Gasteiger partial charge >= 0.3 is 12.4 Å². The Morgan fingerprint density at radius 3 is 2.30 bits per heavy atom. The van der Waals surface area contributed by atoms with E-state index in [9.17, 15) is 40.3 Å². The van der Waals surface area contributed by atoms with Crippen molar-refractivity contribution >= 4 is 16.5 Å². The Morgan fingerprint density at radius 1 is 1.00 bits per heavy atom. The molecule has 0 aliphatic rings. The first-order chi connectivity index (χ1) is 18.6. The molecular weight excluding hydrogens is 549 g/mol. The maximum Gasteiger partial charge on any atom is 0.423 e. The highest BCUT2D eigenvalue weighted by Gasteiger charge is 2.37. The van der Waals surface area contributed by atoms with Crippen molar-refractivity contribution in [1.29, 1.82) is 0 Å². The highest BCUT2D eigenvalue weighted by atomic mass is 19.4. The van der Waals surface area contributed by atoms with E-state index in [0.717, 1.165) is 12.3 Å². The second-order valence-corrected chi connectivity index (χ2v) is 9.36. The smallest absolute Gasteiger partial charge is 0.381 e. The van der Waals surface area contributed by atoms with Crippen molar-refractivity contribution in [3.05, 3.63) is 80.6 Å². The number of aromatic amines is 1. The molecule has 4 rings (SSSR count). The SMILES string of the molecule is C[C@@H](C[C@@H](C)Nc1cn[nH]c(=O)c1C(F)(F)F)Cn1ccc2cc(-c3ncc(C(F)(F)F)cn3)c(F)cc2c1=O. The molecule has 0 aliphatic heterocycles. The molecule has 212 valence electrons. The van der Waals surface area contributed by atoms with Gasteiger partial charge in [-0.25, -0.2) is 19.5 Å². The number of halogens is 7. The van der Waals surface area contributed by atoms with E-state index in [2.05, 4.69) is 20.4 Å². The molecule has 0 unspecified atom stereocenters. The van der Waals surface area contributed by atoms with Crippen LogP contribution in [0.3, 0.4) is 0 Å². The van der Waals surface area contributed by atoms with E-state index in [-0.39, 0.29) is 29.2 Å². The Morgan fingerprint density at radius 2 is 1.68 bits per heavy atom. The van der Waals surface area contributed by atoms with Gasteiger partial charge in [0, 0.05) is 31.2 Å². The van der Waals surface area contributed by atoms with Crippen molar-refractivity contribution in [2.45, 2.75) is 45.2 Å². The Labute approximate surface area is 220 Å². The van der Waals surface area contributed by atoms with E-state index >= 15 is 0 Å². The summed E-state index contributed by atoms with van der Waals surface area (Å²) in [5.74, 6) is -1.43. The summed E-state index contributed by atoms with van der Waals surface area (Å²) in [7, 11) is 0. The molecule has 2 atom stereocenters. The molecular formula is C25H21F7N6O2. The largest absolute Gasteiger partial charge is 0.423 e. The fourth-order valence-electron chi connectivity index (χ4n) is 4.36. The molecule has 1 aromatic carbocycles. The Balaban J connectivity index is 1.51. The maximum absolute atomic E-state index is 14.9. The average molecular weight is 570 g/mol. The second kappa shape index (κ2) is 10.7. The lowest BCUT2D eigenvalue weighted by Gasteiger charge is -2.22. The topological polar surface area (TPSA) is 106 Å². The van der Waals surface area contributed by atoms with Crippen LogP contribution in [0.2, 0.25) is 0 Å². The number of pyridine rings is 1. The Bertz CT molecular complexity index is 1650. The summed E-state index contributed by atoms with van der Waals surface area (Å²) in [6, 6.07) is 3.20. The van der Waals surface area contributed by atoms with Crippen LogP contribution in [0.4, 0.5) is 36.4 Å². The lowest BCUT2D eigenvalue weighted by atomic mass is 10.0. The molecule has 3 heterocycles. The van der Waals surface area contributed by atoms with Crippen molar-refractivity contribution in [2.75, 3.05) is 5.32 Å². The molecule has 15 heteroatoms. The summed E-state index contributed by atoms with van der Waals surface area (Å²) in [5.41, 5.74) is -5.05. The summed E-state index contributed by atoms with van der Waals surface area (Å²) < 4.78 is 94.4. The molecule has 0 saturated carbocycles. The van der Waals surface area contributed by atoms with Crippen molar-refractivity contribution in [1.82, 2.24) is 24.7 Å². The minimum atomic E-state index is -4.89. The number of alkyl halides is 6. The van der Waals surface area contributed by atoms with Crippen LogP contribution in [-0.2, 0) is 18.9 Å². The van der Waals surface area contributed by atoms with E-state index in [1.807, 2.05) is 0 Å². The molecule has 0 aliphatic carbocycles. The number of anilines is 1. The second-order valence-electron chi connectivity index (χ2n) is 9.36. The third-order valence-electron chi connectivity index (χ3n) is 6.09. The fourth-order valence-corrected chi connectivity index (χ4v) is 4.36. The zero-order chi connectivity index (χ0) is 29.4. The van der Waals surface area contributed by atoms with Gasteiger partial charge in [-0.3, -0.25) is 9.59 Å². The molecule has 0 bridgehead atoms.